The zero-order valence-electron chi connectivity index (χ0n) is 12.3. The molecule has 0 spiro atoms. The van der Waals surface area contributed by atoms with Crippen molar-refractivity contribution >= 4 is 29.3 Å². The first-order chi connectivity index (χ1) is 9.76. The second-order valence-corrected chi connectivity index (χ2v) is 6.75. The Morgan fingerprint density at radius 1 is 1.43 bits per heavy atom. The lowest BCUT2D eigenvalue weighted by atomic mass is 10.1. The molecule has 0 aromatic carbocycles. The molecular weight excluding hydrogens is 313 g/mol. The Labute approximate surface area is 134 Å². The van der Waals surface area contributed by atoms with Gasteiger partial charge in [-0.25, -0.2) is 9.78 Å². The van der Waals surface area contributed by atoms with Crippen LogP contribution in [0.4, 0.5) is 4.79 Å². The zero-order valence-corrected chi connectivity index (χ0v) is 13.8. The highest BCUT2D eigenvalue weighted by Gasteiger charge is 2.32. The van der Waals surface area contributed by atoms with Crippen molar-refractivity contribution in [1.82, 2.24) is 15.2 Å². The van der Waals surface area contributed by atoms with Crippen LogP contribution in [0.5, 0.6) is 0 Å². The van der Waals surface area contributed by atoms with Crippen LogP contribution in [0, 0.1) is 0 Å². The van der Waals surface area contributed by atoms with E-state index in [0.717, 1.165) is 0 Å². The molecule has 1 amide bonds. The Hall–Kier alpha value is -1.04. The van der Waals surface area contributed by atoms with E-state index in [-0.39, 0.29) is 12.1 Å². The van der Waals surface area contributed by atoms with Crippen LogP contribution in [0.15, 0.2) is 12.1 Å². The molecule has 116 valence electrons. The van der Waals surface area contributed by atoms with Crippen LogP contribution < -0.4 is 5.32 Å². The molecule has 0 saturated carbocycles. The van der Waals surface area contributed by atoms with E-state index >= 15 is 0 Å². The molecule has 2 rings (SSSR count). The number of carbonyl (C=O) groups is 1. The van der Waals surface area contributed by atoms with Gasteiger partial charge in [-0.2, -0.15) is 0 Å². The lowest BCUT2D eigenvalue weighted by Gasteiger charge is -2.36. The van der Waals surface area contributed by atoms with Crippen molar-refractivity contribution in [3.05, 3.63) is 28.0 Å². The average molecular weight is 332 g/mol. The summed E-state index contributed by atoms with van der Waals surface area (Å²) >= 11 is 12.0. The molecule has 2 heterocycles. The summed E-state index contributed by atoms with van der Waals surface area (Å²) in [6, 6.07) is 3.05. The molecule has 1 N–H and O–H groups in total. The van der Waals surface area contributed by atoms with Gasteiger partial charge < -0.3 is 10.1 Å². The normalized spacial score (nSPS) is 19.5. The van der Waals surface area contributed by atoms with Crippen LogP contribution in [-0.4, -0.2) is 41.2 Å². The summed E-state index contributed by atoms with van der Waals surface area (Å²) in [5, 5.41) is 4.06. The minimum Gasteiger partial charge on any atom is -0.444 e. The van der Waals surface area contributed by atoms with Gasteiger partial charge in [0.15, 0.2) is 0 Å². The number of hydrogen-bond donors (Lipinski definition) is 1. The molecule has 1 aliphatic heterocycles. The van der Waals surface area contributed by atoms with Gasteiger partial charge in [0.05, 0.1) is 11.7 Å². The van der Waals surface area contributed by atoms with E-state index in [0.29, 0.717) is 35.5 Å². The van der Waals surface area contributed by atoms with Gasteiger partial charge >= 0.3 is 6.09 Å². The van der Waals surface area contributed by atoms with Crippen LogP contribution in [-0.2, 0) is 4.74 Å². The molecule has 1 aromatic rings. The molecule has 1 saturated heterocycles. The third-order valence-corrected chi connectivity index (χ3v) is 3.40. The molecule has 1 unspecified atom stereocenters. The molecule has 0 aliphatic carbocycles. The maximum atomic E-state index is 12.3. The molecule has 5 nitrogen and oxygen atoms in total. The van der Waals surface area contributed by atoms with Crippen molar-refractivity contribution in [3.8, 4) is 0 Å². The second kappa shape index (κ2) is 6.38. The van der Waals surface area contributed by atoms with Gasteiger partial charge in [-0.1, -0.05) is 23.2 Å². The number of nitrogens with one attached hydrogen (secondary N) is 1. The quantitative estimate of drug-likeness (QED) is 0.802. The SMILES string of the molecule is CC(C)(C)OC(=O)N1CCNCC1c1cc(Cl)cc(Cl)n1. The fourth-order valence-corrected chi connectivity index (χ4v) is 2.65. The first kappa shape index (κ1) is 16.3. The number of pyridine rings is 1. The summed E-state index contributed by atoms with van der Waals surface area (Å²) in [7, 11) is 0. The van der Waals surface area contributed by atoms with Crippen molar-refractivity contribution < 1.29 is 9.53 Å². The predicted octanol–water partition coefficient (Wildman–Crippen LogP) is 3.27. The average Bonchev–Trinajstić information content (AvgIpc) is 2.35. The molecule has 7 heteroatoms. The standard InChI is InChI=1S/C14H19Cl2N3O2/c1-14(2,3)21-13(20)19-5-4-17-8-11(19)10-6-9(15)7-12(16)18-10/h6-7,11,17H,4-5,8H2,1-3H3. The van der Waals surface area contributed by atoms with Crippen LogP contribution in [0.3, 0.4) is 0 Å². The maximum absolute atomic E-state index is 12.3. The molecule has 0 radical (unpaired) electrons. The smallest absolute Gasteiger partial charge is 0.410 e. The van der Waals surface area contributed by atoms with E-state index in [9.17, 15) is 4.79 Å². The van der Waals surface area contributed by atoms with E-state index < -0.39 is 5.60 Å². The van der Waals surface area contributed by atoms with Crippen molar-refractivity contribution in [1.29, 1.82) is 0 Å². The maximum Gasteiger partial charge on any atom is 0.410 e. The van der Waals surface area contributed by atoms with Crippen LogP contribution in [0.25, 0.3) is 0 Å². The number of piperazine rings is 1. The van der Waals surface area contributed by atoms with Gasteiger partial charge in [0.25, 0.3) is 0 Å². The number of nitrogens with zero attached hydrogens (tertiary/aromatic N) is 2. The molecule has 1 atom stereocenters. The topological polar surface area (TPSA) is 54.5 Å². The molecule has 1 aromatic heterocycles. The fraction of sp³-hybridized carbons (Fsp3) is 0.571. The van der Waals surface area contributed by atoms with E-state index in [1.165, 1.54) is 0 Å². The molecule has 1 aliphatic rings. The van der Waals surface area contributed by atoms with E-state index in [4.69, 9.17) is 27.9 Å². The van der Waals surface area contributed by atoms with E-state index in [1.54, 1.807) is 17.0 Å². The van der Waals surface area contributed by atoms with E-state index in [2.05, 4.69) is 10.3 Å². The van der Waals surface area contributed by atoms with Crippen LogP contribution in [0.1, 0.15) is 32.5 Å². The Balaban J connectivity index is 2.24. The Morgan fingerprint density at radius 3 is 2.76 bits per heavy atom. The Morgan fingerprint density at radius 2 is 2.14 bits per heavy atom. The second-order valence-electron chi connectivity index (χ2n) is 5.93. The minimum atomic E-state index is -0.536. The van der Waals surface area contributed by atoms with Crippen molar-refractivity contribution in [2.24, 2.45) is 0 Å². The fourth-order valence-electron chi connectivity index (χ4n) is 2.16. The van der Waals surface area contributed by atoms with Crippen LogP contribution >= 0.6 is 23.2 Å². The summed E-state index contributed by atoms with van der Waals surface area (Å²) in [5.74, 6) is 0. The monoisotopic (exact) mass is 331 g/mol. The van der Waals surface area contributed by atoms with E-state index in [1.807, 2.05) is 20.8 Å². The van der Waals surface area contributed by atoms with Gasteiger partial charge in [-0.3, -0.25) is 4.90 Å². The first-order valence-electron chi connectivity index (χ1n) is 6.79. The zero-order chi connectivity index (χ0) is 15.6. The first-order valence-corrected chi connectivity index (χ1v) is 7.55. The van der Waals surface area contributed by atoms with Gasteiger partial charge in [0.1, 0.15) is 10.8 Å². The number of ether oxygens (including phenoxy) is 1. The van der Waals surface area contributed by atoms with Crippen LogP contribution in [0.2, 0.25) is 10.2 Å². The summed E-state index contributed by atoms with van der Waals surface area (Å²) in [5.41, 5.74) is 0.122. The Kier molecular flexibility index (Phi) is 4.96. The largest absolute Gasteiger partial charge is 0.444 e. The number of rotatable bonds is 1. The van der Waals surface area contributed by atoms with Crippen molar-refractivity contribution in [2.75, 3.05) is 19.6 Å². The number of halogens is 2. The number of carbonyl (C=O) groups excluding carboxylic acids is 1. The van der Waals surface area contributed by atoms with Gasteiger partial charge in [-0.15, -0.1) is 0 Å². The highest BCUT2D eigenvalue weighted by molar-refractivity contribution is 6.33. The summed E-state index contributed by atoms with van der Waals surface area (Å²) in [6.07, 6.45) is -0.355. The predicted molar refractivity (Wildman–Crippen MR) is 82.8 cm³/mol. The molecular formula is C14H19Cl2N3O2. The summed E-state index contributed by atoms with van der Waals surface area (Å²) in [4.78, 5) is 18.3. The molecule has 1 fully saturated rings. The highest BCUT2D eigenvalue weighted by Crippen LogP contribution is 2.26. The minimum absolute atomic E-state index is 0.246. The van der Waals surface area contributed by atoms with Gasteiger partial charge in [0, 0.05) is 24.7 Å². The van der Waals surface area contributed by atoms with Crippen molar-refractivity contribution in [2.45, 2.75) is 32.4 Å². The molecule has 0 bridgehead atoms. The number of hydrogen-bond acceptors (Lipinski definition) is 4. The summed E-state index contributed by atoms with van der Waals surface area (Å²) < 4.78 is 5.45. The lowest BCUT2D eigenvalue weighted by Crippen LogP contribution is -2.50. The third kappa shape index (κ3) is 4.46. The number of aromatic nitrogens is 1. The van der Waals surface area contributed by atoms with Crippen molar-refractivity contribution in [3.63, 3.8) is 0 Å². The van der Waals surface area contributed by atoms with Gasteiger partial charge in [-0.05, 0) is 32.9 Å². The lowest BCUT2D eigenvalue weighted by molar-refractivity contribution is 0.0113. The number of amides is 1. The summed E-state index contributed by atoms with van der Waals surface area (Å²) in [6.45, 7) is 7.38. The van der Waals surface area contributed by atoms with Gasteiger partial charge in [0.2, 0.25) is 0 Å². The Bertz CT molecular complexity index is 511. The molecule has 21 heavy (non-hydrogen) atoms. The third-order valence-electron chi connectivity index (χ3n) is 2.99. The highest BCUT2D eigenvalue weighted by atomic mass is 35.5.